The summed E-state index contributed by atoms with van der Waals surface area (Å²) >= 11 is 0. The van der Waals surface area contributed by atoms with Gasteiger partial charge < -0.3 is 10.7 Å². The molecule has 7 nitrogen and oxygen atoms in total. The molecule has 0 bridgehead atoms. The second kappa shape index (κ2) is 4.27. The van der Waals surface area contributed by atoms with E-state index in [1.54, 1.807) is 18.6 Å². The number of pyridine rings is 1. The number of hydrogen-bond acceptors (Lipinski definition) is 6. The number of aromatic nitrogens is 3. The van der Waals surface area contributed by atoms with Gasteiger partial charge in [0, 0.05) is 24.7 Å². The van der Waals surface area contributed by atoms with Crippen molar-refractivity contribution in [1.82, 2.24) is 15.0 Å². The molecular weight excluding hydrogens is 268 g/mol. The van der Waals surface area contributed by atoms with E-state index in [-0.39, 0.29) is 17.4 Å². The number of guanidine groups is 1. The van der Waals surface area contributed by atoms with Gasteiger partial charge in [-0.3, -0.25) is 9.69 Å². The average molecular weight is 280 g/mol. The van der Waals surface area contributed by atoms with Crippen molar-refractivity contribution in [3.8, 4) is 0 Å². The van der Waals surface area contributed by atoms with Crippen LogP contribution in [-0.2, 0) is 0 Å². The van der Waals surface area contributed by atoms with Gasteiger partial charge in [0.05, 0.1) is 23.2 Å². The van der Waals surface area contributed by atoms with Crippen LogP contribution >= 0.6 is 0 Å². The van der Waals surface area contributed by atoms with Crippen molar-refractivity contribution in [1.29, 1.82) is 0 Å². The number of H-pyrrole nitrogens is 1. The van der Waals surface area contributed by atoms with Crippen molar-refractivity contribution in [2.75, 3.05) is 4.90 Å². The number of fused-ring (bicyclic) bond motifs is 3. The first kappa shape index (κ1) is 11.8. The minimum absolute atomic E-state index is 0.0389. The molecule has 0 saturated heterocycles. The zero-order valence-electron chi connectivity index (χ0n) is 11.0. The summed E-state index contributed by atoms with van der Waals surface area (Å²) in [7, 11) is 0. The Balaban J connectivity index is 1.98. The number of anilines is 1. The number of nitrogens with one attached hydrogen (secondary N) is 1. The topological polar surface area (TPSA) is 100 Å². The fraction of sp³-hybridized carbons (Fsp3) is 0.143. The van der Waals surface area contributed by atoms with Crippen LogP contribution in [0.25, 0.3) is 0 Å². The van der Waals surface area contributed by atoms with Gasteiger partial charge in [-0.1, -0.05) is 0 Å². The van der Waals surface area contributed by atoms with Gasteiger partial charge in [-0.05, 0) is 12.1 Å². The molecule has 2 aliphatic rings. The van der Waals surface area contributed by atoms with Gasteiger partial charge in [0.1, 0.15) is 12.1 Å². The summed E-state index contributed by atoms with van der Waals surface area (Å²) in [5.74, 6) is 0.849. The summed E-state index contributed by atoms with van der Waals surface area (Å²) in [4.78, 5) is 29.7. The van der Waals surface area contributed by atoms with Gasteiger partial charge in [0.2, 0.25) is 5.96 Å². The Morgan fingerprint density at radius 1 is 1.33 bits per heavy atom. The van der Waals surface area contributed by atoms with Crippen LogP contribution in [0, 0.1) is 0 Å². The van der Waals surface area contributed by atoms with Gasteiger partial charge in [-0.25, -0.2) is 15.0 Å². The first-order valence-corrected chi connectivity index (χ1v) is 6.54. The Bertz CT molecular complexity index is 810. The summed E-state index contributed by atoms with van der Waals surface area (Å²) in [6.07, 6.45) is 8.37. The summed E-state index contributed by atoms with van der Waals surface area (Å²) < 4.78 is 0. The molecule has 0 amide bonds. The van der Waals surface area contributed by atoms with E-state index in [4.69, 9.17) is 5.73 Å². The minimum Gasteiger partial charge on any atom is -0.369 e. The zero-order valence-corrected chi connectivity index (χ0v) is 11.0. The van der Waals surface area contributed by atoms with E-state index < -0.39 is 0 Å². The average Bonchev–Trinajstić information content (AvgIpc) is 2.85. The lowest BCUT2D eigenvalue weighted by Crippen LogP contribution is -2.44. The van der Waals surface area contributed by atoms with E-state index >= 15 is 0 Å². The number of nitrogens with two attached hydrogens (primary N) is 1. The first-order chi connectivity index (χ1) is 10.3. The Morgan fingerprint density at radius 2 is 2.24 bits per heavy atom. The van der Waals surface area contributed by atoms with Gasteiger partial charge in [0.15, 0.2) is 5.43 Å². The first-order valence-electron chi connectivity index (χ1n) is 6.54. The van der Waals surface area contributed by atoms with Crippen LogP contribution in [0.3, 0.4) is 0 Å². The maximum absolute atomic E-state index is 12.3. The highest BCUT2D eigenvalue weighted by molar-refractivity contribution is 5.98. The quantitative estimate of drug-likeness (QED) is 0.784. The van der Waals surface area contributed by atoms with Crippen LogP contribution in [0.5, 0.6) is 0 Å². The van der Waals surface area contributed by atoms with Crippen molar-refractivity contribution in [2.45, 2.75) is 12.0 Å². The third kappa shape index (κ3) is 1.60. The zero-order chi connectivity index (χ0) is 14.4. The number of rotatable bonds is 1. The second-order valence-electron chi connectivity index (χ2n) is 4.91. The summed E-state index contributed by atoms with van der Waals surface area (Å²) in [5.41, 5.74) is 7.40. The lowest BCUT2D eigenvalue weighted by molar-refractivity contribution is 0.705. The molecule has 0 spiro atoms. The molecule has 104 valence electrons. The number of aromatic amines is 1. The highest BCUT2D eigenvalue weighted by Gasteiger charge is 2.43. The Labute approximate surface area is 119 Å². The highest BCUT2D eigenvalue weighted by Crippen LogP contribution is 2.42. The Morgan fingerprint density at radius 3 is 3.05 bits per heavy atom. The third-order valence-corrected chi connectivity index (χ3v) is 3.83. The van der Waals surface area contributed by atoms with Crippen LogP contribution in [0.4, 0.5) is 5.82 Å². The molecule has 0 saturated carbocycles. The lowest BCUT2D eigenvalue weighted by Gasteiger charge is -2.28. The van der Waals surface area contributed by atoms with Crippen LogP contribution in [-0.4, -0.2) is 27.0 Å². The molecule has 0 fully saturated rings. The molecule has 2 aliphatic heterocycles. The monoisotopic (exact) mass is 280 g/mol. The largest absolute Gasteiger partial charge is 0.369 e. The van der Waals surface area contributed by atoms with Crippen molar-refractivity contribution >= 4 is 11.8 Å². The van der Waals surface area contributed by atoms with Crippen molar-refractivity contribution in [2.24, 2.45) is 10.7 Å². The SMILES string of the molecule is NC1=NC=CC2C(c3ccncn3)c3c([nH]ccc3=O)N12. The molecule has 4 rings (SSSR count). The maximum atomic E-state index is 12.3. The lowest BCUT2D eigenvalue weighted by atomic mass is 9.91. The van der Waals surface area contributed by atoms with Gasteiger partial charge in [0.25, 0.3) is 0 Å². The van der Waals surface area contributed by atoms with E-state index in [9.17, 15) is 4.79 Å². The molecule has 4 heterocycles. The minimum atomic E-state index is -0.196. The summed E-state index contributed by atoms with van der Waals surface area (Å²) in [6.45, 7) is 0. The Hall–Kier alpha value is -2.96. The fourth-order valence-electron chi connectivity index (χ4n) is 2.99. The van der Waals surface area contributed by atoms with Crippen LogP contribution < -0.4 is 16.1 Å². The van der Waals surface area contributed by atoms with Crippen LogP contribution in [0.2, 0.25) is 0 Å². The van der Waals surface area contributed by atoms with E-state index in [1.165, 1.54) is 12.4 Å². The smallest absolute Gasteiger partial charge is 0.202 e. The molecule has 2 aromatic rings. The highest BCUT2D eigenvalue weighted by atomic mass is 16.1. The van der Waals surface area contributed by atoms with Gasteiger partial charge >= 0.3 is 0 Å². The summed E-state index contributed by atoms with van der Waals surface area (Å²) in [5, 5.41) is 0. The standard InChI is InChI=1S/C14H12N6O/c15-14-18-5-2-9-11(8-1-4-16-7-19-8)12-10(21)3-6-17-13(12)20(9)14/h1-7,9,11H,(H2,15,18)(H,17,21). The predicted octanol–water partition coefficient (Wildman–Crippen LogP) is 0.327. The summed E-state index contributed by atoms with van der Waals surface area (Å²) in [6, 6.07) is 3.22. The second-order valence-corrected chi connectivity index (χ2v) is 4.91. The Kier molecular flexibility index (Phi) is 2.41. The van der Waals surface area contributed by atoms with Gasteiger partial charge in [-0.15, -0.1) is 0 Å². The number of aliphatic imine (C=N–C) groups is 1. The normalized spacial score (nSPS) is 22.7. The van der Waals surface area contributed by atoms with E-state index in [0.717, 1.165) is 5.69 Å². The molecule has 2 atom stereocenters. The number of nitrogens with zero attached hydrogens (tertiary/aromatic N) is 4. The molecule has 2 aromatic heterocycles. The molecule has 0 aliphatic carbocycles. The molecule has 0 radical (unpaired) electrons. The molecule has 2 unspecified atom stereocenters. The third-order valence-electron chi connectivity index (χ3n) is 3.83. The van der Waals surface area contributed by atoms with Gasteiger partial charge in [-0.2, -0.15) is 0 Å². The van der Waals surface area contributed by atoms with E-state index in [0.29, 0.717) is 17.3 Å². The van der Waals surface area contributed by atoms with E-state index in [1.807, 2.05) is 17.0 Å². The van der Waals surface area contributed by atoms with Crippen LogP contribution in [0.1, 0.15) is 17.2 Å². The molecule has 7 heteroatoms. The van der Waals surface area contributed by atoms with Crippen molar-refractivity contribution in [3.05, 3.63) is 64.6 Å². The molecule has 21 heavy (non-hydrogen) atoms. The maximum Gasteiger partial charge on any atom is 0.202 e. The molecular formula is C14H12N6O. The fourth-order valence-corrected chi connectivity index (χ4v) is 2.99. The molecule has 3 N–H and O–H groups in total. The van der Waals surface area contributed by atoms with E-state index in [2.05, 4.69) is 19.9 Å². The van der Waals surface area contributed by atoms with Crippen LogP contribution in [0.15, 0.2) is 52.9 Å². The van der Waals surface area contributed by atoms with Crippen molar-refractivity contribution < 1.29 is 0 Å². The van der Waals surface area contributed by atoms with Crippen molar-refractivity contribution in [3.63, 3.8) is 0 Å². The predicted molar refractivity (Wildman–Crippen MR) is 78.0 cm³/mol. The number of hydrogen-bond donors (Lipinski definition) is 2. The molecule has 0 aromatic carbocycles.